The summed E-state index contributed by atoms with van der Waals surface area (Å²) in [4.78, 5) is 65.3. The molecule has 0 aromatic heterocycles. The first kappa shape index (κ1) is 41.2. The highest BCUT2D eigenvalue weighted by molar-refractivity contribution is 9.10. The predicted octanol–water partition coefficient (Wildman–Crippen LogP) is 15.1. The molecule has 0 saturated carbocycles. The minimum Gasteiger partial charge on any atom is -0.268 e. The van der Waals surface area contributed by atoms with Crippen molar-refractivity contribution in [3.05, 3.63) is 152 Å². The molecule has 63 heavy (non-hydrogen) atoms. The Labute approximate surface area is 380 Å². The smallest absolute Gasteiger partial charge is 0.266 e. The van der Waals surface area contributed by atoms with Gasteiger partial charge in [-0.1, -0.05) is 149 Å². The first-order chi connectivity index (χ1) is 30.1. The first-order valence-corrected chi connectivity index (χ1v) is 23.4. The molecule has 8 aromatic carbocycles. The Morgan fingerprint density at radius 2 is 0.841 bits per heavy atom. The Morgan fingerprint density at radius 3 is 1.29 bits per heavy atom. The number of rotatable bonds is 8. The molecule has 6 nitrogen and oxygen atoms in total. The third-order valence-electron chi connectivity index (χ3n) is 13.1. The molecule has 0 saturated heterocycles. The number of hydrogen-bond donors (Lipinski definition) is 0. The van der Waals surface area contributed by atoms with Crippen LogP contribution in [0.4, 0.5) is 11.4 Å². The van der Waals surface area contributed by atoms with Gasteiger partial charge in [0.25, 0.3) is 23.6 Å². The number of halogens is 1. The topological polar surface area (TPSA) is 74.8 Å². The number of benzene rings is 8. The van der Waals surface area contributed by atoms with Gasteiger partial charge in [-0.2, -0.15) is 0 Å². The zero-order chi connectivity index (χ0) is 44.5. The monoisotopic (exact) mass is 910 g/mol. The number of nitrogens with zero attached hydrogens (tertiary/aromatic N) is 2. The van der Waals surface area contributed by atoms with Gasteiger partial charge in [-0.25, -0.2) is 9.80 Å². The zero-order valence-electron chi connectivity index (χ0n) is 36.9. The molecule has 4 amide bonds. The zero-order valence-corrected chi connectivity index (χ0v) is 39.3. The maximum atomic E-state index is 15.3. The average molecular weight is 912 g/mol. The van der Waals surface area contributed by atoms with Gasteiger partial charge in [0, 0.05) is 57.7 Å². The van der Waals surface area contributed by atoms with Crippen molar-refractivity contribution in [2.45, 2.75) is 95.8 Å². The highest BCUT2D eigenvalue weighted by Gasteiger charge is 2.41. The van der Waals surface area contributed by atoms with E-state index in [2.05, 4.69) is 103 Å². The fourth-order valence-electron chi connectivity index (χ4n) is 10.1. The molecular weight excluding hydrogens is 865 g/mol. The second-order valence-corrected chi connectivity index (χ2v) is 20.4. The standard InChI is InChI=1S/C55H47BrN2O4S/c1-26(2)32-12-10-13-33(27(3)4)50(32)57-52(59)38-23-21-37-47-43(63-31-18-16-30(9)17-19-31)25-41-45-39(22-20-36(49(45)47)46-42(56)24-40(54(57)61)44(38)48(37)46)53(60)58(55(41)62)51-34(28(5)6)14-11-15-35(51)29(7)8/h10-29H,1-9H3. The number of carbonyl (C=O) groups excluding carboxylic acids is 4. The number of imide groups is 2. The lowest BCUT2D eigenvalue weighted by Crippen LogP contribution is -2.42. The summed E-state index contributed by atoms with van der Waals surface area (Å²) >= 11 is 5.52. The van der Waals surface area contributed by atoms with Gasteiger partial charge in [-0.05, 0) is 100 Å². The van der Waals surface area contributed by atoms with Gasteiger partial charge in [0.05, 0.1) is 22.5 Å². The summed E-state index contributed by atoms with van der Waals surface area (Å²) in [7, 11) is 0. The lowest BCUT2D eigenvalue weighted by molar-refractivity contribution is 0.0877. The van der Waals surface area contributed by atoms with Crippen LogP contribution in [0.25, 0.3) is 43.1 Å². The van der Waals surface area contributed by atoms with E-state index in [1.54, 1.807) is 11.8 Å². The van der Waals surface area contributed by atoms with Crippen LogP contribution >= 0.6 is 27.7 Å². The van der Waals surface area contributed by atoms with E-state index in [0.717, 1.165) is 69.9 Å². The number of anilines is 2. The van der Waals surface area contributed by atoms with Crippen molar-refractivity contribution >= 4 is 106 Å². The Bertz CT molecular complexity index is 3280. The van der Waals surface area contributed by atoms with Crippen LogP contribution in [-0.2, 0) is 0 Å². The lowest BCUT2D eigenvalue weighted by Gasteiger charge is -2.34. The third kappa shape index (κ3) is 5.97. The molecule has 314 valence electrons. The van der Waals surface area contributed by atoms with E-state index < -0.39 is 0 Å². The highest BCUT2D eigenvalue weighted by atomic mass is 79.9. The fraction of sp³-hybridized carbons (Fsp3) is 0.236. The molecule has 8 heteroatoms. The van der Waals surface area contributed by atoms with Crippen LogP contribution in [0.1, 0.15) is 148 Å². The summed E-state index contributed by atoms with van der Waals surface area (Å²) in [6.45, 7) is 18.8. The predicted molar refractivity (Wildman–Crippen MR) is 262 cm³/mol. The van der Waals surface area contributed by atoms with Crippen LogP contribution in [0.5, 0.6) is 0 Å². The van der Waals surface area contributed by atoms with Crippen molar-refractivity contribution in [1.82, 2.24) is 0 Å². The molecule has 0 aliphatic carbocycles. The van der Waals surface area contributed by atoms with E-state index in [9.17, 15) is 0 Å². The summed E-state index contributed by atoms with van der Waals surface area (Å²) in [5.41, 5.74) is 8.05. The van der Waals surface area contributed by atoms with Gasteiger partial charge in [0.1, 0.15) is 0 Å². The quantitative estimate of drug-likeness (QED) is 0.0862. The van der Waals surface area contributed by atoms with Crippen LogP contribution in [0.2, 0.25) is 0 Å². The SMILES string of the molecule is Cc1ccc(Sc2cc3c4c(ccc5c6c(Br)cc7c8c(ccc(c2c45)c86)C(=O)N(c2c(C(C)C)cccc2C(C)C)C7=O)C(=O)N(c2c(C(C)C)cccc2C(C)C)C3=O)cc1. The minimum absolute atomic E-state index is 0.0627. The van der Waals surface area contributed by atoms with Gasteiger partial charge >= 0.3 is 0 Å². The van der Waals surface area contributed by atoms with E-state index in [1.807, 2.05) is 72.8 Å². The van der Waals surface area contributed by atoms with Crippen LogP contribution in [0.3, 0.4) is 0 Å². The Kier molecular flexibility index (Phi) is 9.73. The molecule has 10 rings (SSSR count). The Balaban J connectivity index is 1.29. The normalized spacial score (nSPS) is 14.3. The second-order valence-electron chi connectivity index (χ2n) is 18.4. The van der Waals surface area contributed by atoms with Crippen LogP contribution in [0, 0.1) is 6.92 Å². The van der Waals surface area contributed by atoms with Gasteiger partial charge in [0.15, 0.2) is 0 Å². The Morgan fingerprint density at radius 1 is 0.444 bits per heavy atom. The highest BCUT2D eigenvalue weighted by Crippen LogP contribution is 2.53. The summed E-state index contributed by atoms with van der Waals surface area (Å²) in [5, 5.41) is 6.19. The van der Waals surface area contributed by atoms with E-state index in [4.69, 9.17) is 0 Å². The molecule has 2 aliphatic heterocycles. The second kappa shape index (κ2) is 14.9. The number of fused-ring (bicyclic) bond motifs is 2. The average Bonchev–Trinajstić information content (AvgIpc) is 3.25. The lowest BCUT2D eigenvalue weighted by atomic mass is 9.81. The summed E-state index contributed by atoms with van der Waals surface area (Å²) < 4.78 is 0.689. The molecule has 8 aromatic rings. The number of carbonyl (C=O) groups is 4. The Hall–Kier alpha value is -5.83. The van der Waals surface area contributed by atoms with Crippen LogP contribution < -0.4 is 9.80 Å². The van der Waals surface area contributed by atoms with Crippen molar-refractivity contribution in [1.29, 1.82) is 0 Å². The first-order valence-electron chi connectivity index (χ1n) is 21.8. The van der Waals surface area contributed by atoms with Crippen molar-refractivity contribution in [3.63, 3.8) is 0 Å². The largest absolute Gasteiger partial charge is 0.268 e. The summed E-state index contributed by atoms with van der Waals surface area (Å²) in [6.07, 6.45) is 0. The molecule has 0 atom stereocenters. The maximum absolute atomic E-state index is 15.3. The summed E-state index contributed by atoms with van der Waals surface area (Å²) in [6, 6.07) is 31.9. The van der Waals surface area contributed by atoms with Crippen LogP contribution in [-0.4, -0.2) is 23.6 Å². The molecule has 2 heterocycles. The van der Waals surface area contributed by atoms with Gasteiger partial charge in [-0.3, -0.25) is 19.2 Å². The molecular formula is C55H47BrN2O4S. The molecule has 2 aliphatic rings. The van der Waals surface area contributed by atoms with E-state index in [-0.39, 0.29) is 47.3 Å². The van der Waals surface area contributed by atoms with E-state index >= 15 is 19.2 Å². The third-order valence-corrected chi connectivity index (χ3v) is 14.8. The van der Waals surface area contributed by atoms with E-state index in [0.29, 0.717) is 48.9 Å². The fourth-order valence-corrected chi connectivity index (χ4v) is 11.8. The van der Waals surface area contributed by atoms with Gasteiger partial charge in [0.2, 0.25) is 0 Å². The molecule has 0 radical (unpaired) electrons. The molecule has 0 unspecified atom stereocenters. The molecule has 0 bridgehead atoms. The molecule has 0 fully saturated rings. The molecule has 0 spiro atoms. The number of amides is 4. The number of hydrogen-bond acceptors (Lipinski definition) is 5. The van der Waals surface area contributed by atoms with Gasteiger partial charge in [-0.15, -0.1) is 0 Å². The number of para-hydroxylation sites is 2. The minimum atomic E-state index is -0.365. The molecule has 0 N–H and O–H groups in total. The van der Waals surface area contributed by atoms with Crippen molar-refractivity contribution in [2.75, 3.05) is 9.80 Å². The maximum Gasteiger partial charge on any atom is 0.266 e. The van der Waals surface area contributed by atoms with Crippen LogP contribution in [0.15, 0.2) is 111 Å². The number of aryl methyl sites for hydroxylation is 1. The van der Waals surface area contributed by atoms with Crippen molar-refractivity contribution in [2.24, 2.45) is 0 Å². The van der Waals surface area contributed by atoms with E-state index in [1.165, 1.54) is 9.80 Å². The summed E-state index contributed by atoms with van der Waals surface area (Å²) in [5.74, 6) is -1.17. The van der Waals surface area contributed by atoms with Crippen molar-refractivity contribution < 1.29 is 19.2 Å². The van der Waals surface area contributed by atoms with Crippen molar-refractivity contribution in [3.8, 4) is 0 Å². The van der Waals surface area contributed by atoms with Gasteiger partial charge < -0.3 is 0 Å².